The Morgan fingerprint density at radius 3 is 2.94 bits per heavy atom. The molecule has 1 rings (SSSR count). The summed E-state index contributed by atoms with van der Waals surface area (Å²) in [6.45, 7) is 0.975. The van der Waals surface area contributed by atoms with Crippen LogP contribution in [0.2, 0.25) is 0 Å². The van der Waals surface area contributed by atoms with Crippen molar-refractivity contribution in [2.24, 2.45) is 0 Å². The summed E-state index contributed by atoms with van der Waals surface area (Å²) in [5.74, 6) is -0.402. The van der Waals surface area contributed by atoms with Crippen molar-refractivity contribution in [3.63, 3.8) is 0 Å². The van der Waals surface area contributed by atoms with E-state index in [2.05, 4.69) is 26.2 Å². The molecule has 1 aromatic rings. The first-order valence-electron chi connectivity index (χ1n) is 4.68. The van der Waals surface area contributed by atoms with E-state index in [0.717, 1.165) is 0 Å². The van der Waals surface area contributed by atoms with Crippen LogP contribution in [0.3, 0.4) is 0 Å². The molecule has 0 radical (unpaired) electrons. The first-order chi connectivity index (χ1) is 7.46. The largest absolute Gasteiger partial charge is 0.393 e. The molecule has 0 aliphatic rings. The molecule has 0 aromatic carbocycles. The molecular formula is C10H13BrN2O3. The minimum Gasteiger partial charge on any atom is -0.393 e. The van der Waals surface area contributed by atoms with Gasteiger partial charge >= 0.3 is 0 Å². The van der Waals surface area contributed by atoms with Crippen molar-refractivity contribution >= 4 is 21.8 Å². The molecule has 1 amide bonds. The Labute approximate surface area is 102 Å². The highest BCUT2D eigenvalue weighted by Crippen LogP contribution is 2.13. The summed E-state index contributed by atoms with van der Waals surface area (Å²) in [6, 6.07) is 3.40. The van der Waals surface area contributed by atoms with Gasteiger partial charge in [0.05, 0.1) is 6.61 Å². The molecule has 0 aliphatic carbocycles. The number of carbonyl (C=O) groups is 1. The maximum absolute atomic E-state index is 11.6. The lowest BCUT2D eigenvalue weighted by Crippen LogP contribution is -2.43. The van der Waals surface area contributed by atoms with Crippen LogP contribution in [0.1, 0.15) is 17.4 Å². The quantitative estimate of drug-likeness (QED) is 0.745. The van der Waals surface area contributed by atoms with Crippen LogP contribution < -0.4 is 5.32 Å². The summed E-state index contributed by atoms with van der Waals surface area (Å²) < 4.78 is 0.580. The number of aromatic nitrogens is 1. The fourth-order valence-corrected chi connectivity index (χ4v) is 1.40. The Balaban J connectivity index is 2.64. The van der Waals surface area contributed by atoms with Crippen molar-refractivity contribution < 1.29 is 15.0 Å². The summed E-state index contributed by atoms with van der Waals surface area (Å²) in [7, 11) is 0. The number of aliphatic hydroxyl groups is 2. The van der Waals surface area contributed by atoms with Crippen LogP contribution >= 0.6 is 15.9 Å². The first-order valence-corrected chi connectivity index (χ1v) is 5.47. The zero-order valence-electron chi connectivity index (χ0n) is 8.77. The van der Waals surface area contributed by atoms with Crippen molar-refractivity contribution in [3.05, 3.63) is 28.5 Å². The predicted molar refractivity (Wildman–Crippen MR) is 62.0 cm³/mol. The third-order valence-electron chi connectivity index (χ3n) is 1.94. The second kappa shape index (κ2) is 5.38. The Morgan fingerprint density at radius 2 is 2.38 bits per heavy atom. The highest BCUT2D eigenvalue weighted by molar-refractivity contribution is 9.10. The summed E-state index contributed by atoms with van der Waals surface area (Å²) in [4.78, 5) is 15.5. The van der Waals surface area contributed by atoms with Crippen molar-refractivity contribution in [1.82, 2.24) is 10.3 Å². The number of hydrogen-bond acceptors (Lipinski definition) is 4. The van der Waals surface area contributed by atoms with E-state index in [4.69, 9.17) is 5.11 Å². The summed E-state index contributed by atoms with van der Waals surface area (Å²) in [5.41, 5.74) is -1.08. The van der Waals surface area contributed by atoms with Gasteiger partial charge in [-0.05, 0) is 35.0 Å². The summed E-state index contributed by atoms with van der Waals surface area (Å²) >= 11 is 3.20. The van der Waals surface area contributed by atoms with Crippen LogP contribution in [0.15, 0.2) is 22.8 Å². The van der Waals surface area contributed by atoms with E-state index in [0.29, 0.717) is 4.47 Å². The van der Waals surface area contributed by atoms with E-state index >= 15 is 0 Å². The summed E-state index contributed by atoms with van der Waals surface area (Å²) in [6.07, 6.45) is 1.50. The molecule has 1 aromatic heterocycles. The van der Waals surface area contributed by atoms with Crippen molar-refractivity contribution in [2.75, 3.05) is 13.2 Å². The average molecular weight is 289 g/mol. The Hall–Kier alpha value is -0.980. The molecule has 3 N–H and O–H groups in total. The average Bonchev–Trinajstić information content (AvgIpc) is 2.27. The minimum atomic E-state index is -1.32. The van der Waals surface area contributed by atoms with E-state index in [1.165, 1.54) is 13.1 Å². The van der Waals surface area contributed by atoms with Gasteiger partial charge in [-0.2, -0.15) is 0 Å². The third-order valence-corrected chi connectivity index (χ3v) is 2.58. The third kappa shape index (κ3) is 3.55. The number of nitrogens with one attached hydrogen (secondary N) is 1. The second-order valence-electron chi connectivity index (χ2n) is 3.67. The number of hydrogen-bond donors (Lipinski definition) is 3. The van der Waals surface area contributed by atoms with E-state index in [1.54, 1.807) is 12.1 Å². The SMILES string of the molecule is CC(O)(CO)CNC(=O)c1ncccc1Br. The second-order valence-corrected chi connectivity index (χ2v) is 4.53. The van der Waals surface area contributed by atoms with Gasteiger partial charge in [0.15, 0.2) is 0 Å². The molecule has 1 heterocycles. The molecule has 0 spiro atoms. The van der Waals surface area contributed by atoms with Gasteiger partial charge in [-0.1, -0.05) is 0 Å². The first kappa shape index (κ1) is 13.1. The fourth-order valence-electron chi connectivity index (χ4n) is 0.963. The monoisotopic (exact) mass is 288 g/mol. The van der Waals surface area contributed by atoms with Gasteiger partial charge < -0.3 is 15.5 Å². The molecule has 0 bridgehead atoms. The molecule has 0 saturated heterocycles. The van der Waals surface area contributed by atoms with E-state index in [-0.39, 0.29) is 12.2 Å². The molecule has 0 fully saturated rings. The van der Waals surface area contributed by atoms with Gasteiger partial charge in [0.1, 0.15) is 11.3 Å². The molecule has 1 unspecified atom stereocenters. The highest BCUT2D eigenvalue weighted by Gasteiger charge is 2.21. The van der Waals surface area contributed by atoms with Crippen LogP contribution in [0, 0.1) is 0 Å². The summed E-state index contributed by atoms with van der Waals surface area (Å²) in [5, 5.41) is 20.8. The maximum Gasteiger partial charge on any atom is 0.271 e. The van der Waals surface area contributed by atoms with E-state index in [9.17, 15) is 9.90 Å². The molecule has 88 valence electrons. The van der Waals surface area contributed by atoms with Crippen LogP contribution in [0.4, 0.5) is 0 Å². The topological polar surface area (TPSA) is 82.5 Å². The fraction of sp³-hybridized carbons (Fsp3) is 0.400. The normalized spacial score (nSPS) is 14.2. The number of aliphatic hydroxyl groups excluding tert-OH is 1. The Bertz CT molecular complexity index is 382. The van der Waals surface area contributed by atoms with Gasteiger partial charge in [0, 0.05) is 17.2 Å². The van der Waals surface area contributed by atoms with E-state index in [1.807, 2.05) is 0 Å². The van der Waals surface area contributed by atoms with Gasteiger partial charge in [-0.3, -0.25) is 4.79 Å². The van der Waals surface area contributed by atoms with Crippen LogP contribution in [-0.2, 0) is 0 Å². The molecule has 0 saturated carbocycles. The van der Waals surface area contributed by atoms with Crippen LogP contribution in [-0.4, -0.2) is 39.9 Å². The lowest BCUT2D eigenvalue weighted by Gasteiger charge is -2.20. The number of carbonyl (C=O) groups excluding carboxylic acids is 1. The van der Waals surface area contributed by atoms with Crippen molar-refractivity contribution in [2.45, 2.75) is 12.5 Å². The maximum atomic E-state index is 11.6. The number of rotatable bonds is 4. The Morgan fingerprint density at radius 1 is 1.69 bits per heavy atom. The lowest BCUT2D eigenvalue weighted by atomic mass is 10.1. The molecule has 16 heavy (non-hydrogen) atoms. The van der Waals surface area contributed by atoms with Gasteiger partial charge in [0.25, 0.3) is 5.91 Å². The number of pyridine rings is 1. The zero-order chi connectivity index (χ0) is 12.2. The van der Waals surface area contributed by atoms with Gasteiger partial charge in [-0.25, -0.2) is 4.98 Å². The molecule has 5 nitrogen and oxygen atoms in total. The van der Waals surface area contributed by atoms with Crippen LogP contribution in [0.5, 0.6) is 0 Å². The highest BCUT2D eigenvalue weighted by atomic mass is 79.9. The number of nitrogens with zero attached hydrogens (tertiary/aromatic N) is 1. The Kier molecular flexibility index (Phi) is 4.40. The minimum absolute atomic E-state index is 0.0364. The molecule has 1 atom stereocenters. The van der Waals surface area contributed by atoms with E-state index < -0.39 is 18.1 Å². The zero-order valence-corrected chi connectivity index (χ0v) is 10.4. The standard InChI is InChI=1S/C10H13BrN2O3/c1-10(16,6-14)5-13-9(15)8-7(11)3-2-4-12-8/h2-4,14,16H,5-6H2,1H3,(H,13,15). The molecule has 0 aliphatic heterocycles. The smallest absolute Gasteiger partial charge is 0.271 e. The lowest BCUT2D eigenvalue weighted by molar-refractivity contribution is 0.00315. The number of halogens is 1. The van der Waals surface area contributed by atoms with Gasteiger partial charge in [0.2, 0.25) is 0 Å². The van der Waals surface area contributed by atoms with Gasteiger partial charge in [-0.15, -0.1) is 0 Å². The van der Waals surface area contributed by atoms with Crippen molar-refractivity contribution in [3.8, 4) is 0 Å². The van der Waals surface area contributed by atoms with Crippen molar-refractivity contribution in [1.29, 1.82) is 0 Å². The molecular weight excluding hydrogens is 276 g/mol. The number of amides is 1. The van der Waals surface area contributed by atoms with Crippen LogP contribution in [0.25, 0.3) is 0 Å². The molecule has 6 heteroatoms. The predicted octanol–water partition coefficient (Wildman–Crippen LogP) is 0.317.